The number of oxazole rings is 1. The Bertz CT molecular complexity index is 578. The minimum Gasteiger partial charge on any atom is -0.508 e. The highest BCUT2D eigenvalue weighted by Crippen LogP contribution is 2.11. The lowest BCUT2D eigenvalue weighted by atomic mass is 10.1. The molecule has 0 bridgehead atoms. The normalized spacial score (nSPS) is 12.1. The molecule has 6 nitrogen and oxygen atoms in total. The molecule has 1 unspecified atom stereocenters. The van der Waals surface area contributed by atoms with Crippen LogP contribution in [0.4, 0.5) is 0 Å². The van der Waals surface area contributed by atoms with Crippen molar-refractivity contribution in [3.63, 3.8) is 0 Å². The van der Waals surface area contributed by atoms with Crippen LogP contribution in [0.3, 0.4) is 0 Å². The van der Waals surface area contributed by atoms with Crippen LogP contribution in [0, 0.1) is 6.92 Å². The smallest absolute Gasteiger partial charge is 0.237 e. The lowest BCUT2D eigenvalue weighted by molar-refractivity contribution is -0.122. The molecule has 0 aliphatic carbocycles. The van der Waals surface area contributed by atoms with E-state index >= 15 is 0 Å². The van der Waals surface area contributed by atoms with Gasteiger partial charge in [-0.1, -0.05) is 12.1 Å². The lowest BCUT2D eigenvalue weighted by Crippen LogP contribution is -2.41. The molecule has 0 aliphatic rings. The van der Waals surface area contributed by atoms with Crippen LogP contribution >= 0.6 is 0 Å². The van der Waals surface area contributed by atoms with Gasteiger partial charge in [0.25, 0.3) is 0 Å². The van der Waals surface area contributed by atoms with E-state index < -0.39 is 6.04 Å². The monoisotopic (exact) mass is 275 g/mol. The van der Waals surface area contributed by atoms with Crippen molar-refractivity contribution in [3.8, 4) is 5.75 Å². The number of carbonyl (C=O) groups is 1. The largest absolute Gasteiger partial charge is 0.508 e. The Morgan fingerprint density at radius 3 is 2.75 bits per heavy atom. The topological polar surface area (TPSA) is 101 Å². The van der Waals surface area contributed by atoms with Crippen molar-refractivity contribution in [2.45, 2.75) is 25.9 Å². The number of amides is 1. The van der Waals surface area contributed by atoms with Gasteiger partial charge in [-0.2, -0.15) is 0 Å². The Kier molecular flexibility index (Phi) is 4.37. The summed E-state index contributed by atoms with van der Waals surface area (Å²) >= 11 is 0. The van der Waals surface area contributed by atoms with Gasteiger partial charge in [-0.3, -0.25) is 4.79 Å². The predicted octanol–water partition coefficient (Wildman–Crippen LogP) is 0.875. The maximum absolute atomic E-state index is 11.8. The summed E-state index contributed by atoms with van der Waals surface area (Å²) < 4.78 is 5.25. The molecular weight excluding hydrogens is 258 g/mol. The van der Waals surface area contributed by atoms with Crippen molar-refractivity contribution < 1.29 is 14.3 Å². The van der Waals surface area contributed by atoms with Gasteiger partial charge in [0, 0.05) is 0 Å². The summed E-state index contributed by atoms with van der Waals surface area (Å²) in [5.74, 6) is 1.07. The second kappa shape index (κ2) is 6.21. The summed E-state index contributed by atoms with van der Waals surface area (Å²) in [6.45, 7) is 2.00. The van der Waals surface area contributed by atoms with Crippen LogP contribution in [-0.4, -0.2) is 22.0 Å². The number of aromatic hydroxyl groups is 1. The number of hydrogen-bond donors (Lipinski definition) is 3. The van der Waals surface area contributed by atoms with Crippen molar-refractivity contribution in [1.29, 1.82) is 0 Å². The van der Waals surface area contributed by atoms with E-state index in [0.29, 0.717) is 18.1 Å². The van der Waals surface area contributed by atoms with E-state index in [1.54, 1.807) is 37.4 Å². The summed E-state index contributed by atoms with van der Waals surface area (Å²) in [5, 5.41) is 11.9. The number of nitrogens with zero attached hydrogens (tertiary/aromatic N) is 1. The Labute approximate surface area is 116 Å². The predicted molar refractivity (Wildman–Crippen MR) is 72.9 cm³/mol. The molecule has 0 aliphatic heterocycles. The number of phenolic OH excluding ortho intramolecular Hbond substituents is 1. The summed E-state index contributed by atoms with van der Waals surface area (Å²) in [4.78, 5) is 15.8. The van der Waals surface area contributed by atoms with Crippen LogP contribution in [0.25, 0.3) is 0 Å². The average molecular weight is 275 g/mol. The van der Waals surface area contributed by atoms with Gasteiger partial charge in [0.05, 0.1) is 18.8 Å². The number of nitrogens with one attached hydrogen (secondary N) is 1. The van der Waals surface area contributed by atoms with Gasteiger partial charge in [-0.05, 0) is 31.0 Å². The second-order valence-corrected chi connectivity index (χ2v) is 4.56. The minimum atomic E-state index is -0.657. The van der Waals surface area contributed by atoms with Gasteiger partial charge in [0.2, 0.25) is 11.8 Å². The number of phenols is 1. The second-order valence-electron chi connectivity index (χ2n) is 4.56. The van der Waals surface area contributed by atoms with Gasteiger partial charge in [-0.15, -0.1) is 0 Å². The number of hydrogen-bond acceptors (Lipinski definition) is 5. The highest BCUT2D eigenvalue weighted by atomic mass is 16.4. The van der Waals surface area contributed by atoms with Gasteiger partial charge in [0.15, 0.2) is 0 Å². The number of aryl methyl sites for hydroxylation is 1. The van der Waals surface area contributed by atoms with Crippen LogP contribution in [0.2, 0.25) is 0 Å². The first-order valence-electron chi connectivity index (χ1n) is 6.27. The van der Waals surface area contributed by atoms with E-state index in [2.05, 4.69) is 10.3 Å². The minimum absolute atomic E-state index is 0.186. The van der Waals surface area contributed by atoms with Crippen LogP contribution in [0.15, 0.2) is 34.9 Å². The molecule has 0 fully saturated rings. The van der Waals surface area contributed by atoms with E-state index in [9.17, 15) is 9.90 Å². The van der Waals surface area contributed by atoms with Crippen LogP contribution < -0.4 is 11.1 Å². The molecule has 6 heteroatoms. The number of carbonyl (C=O) groups excluding carboxylic acids is 1. The van der Waals surface area contributed by atoms with Crippen LogP contribution in [0.5, 0.6) is 5.75 Å². The summed E-state index contributed by atoms with van der Waals surface area (Å²) in [6.07, 6.45) is 1.99. The zero-order valence-corrected chi connectivity index (χ0v) is 11.2. The van der Waals surface area contributed by atoms with Gasteiger partial charge in [0.1, 0.15) is 11.5 Å². The molecule has 1 aromatic carbocycles. The quantitative estimate of drug-likeness (QED) is 0.751. The molecule has 106 valence electrons. The third kappa shape index (κ3) is 3.83. The zero-order valence-electron chi connectivity index (χ0n) is 11.2. The Balaban J connectivity index is 1.84. The van der Waals surface area contributed by atoms with Gasteiger partial charge in [-0.25, -0.2) is 4.98 Å². The molecule has 20 heavy (non-hydrogen) atoms. The number of nitrogens with two attached hydrogens (primary N) is 1. The number of aromatic nitrogens is 1. The fraction of sp³-hybridized carbons (Fsp3) is 0.286. The maximum Gasteiger partial charge on any atom is 0.237 e. The number of rotatable bonds is 5. The molecule has 2 aromatic rings. The first-order valence-corrected chi connectivity index (χ1v) is 6.27. The van der Waals surface area contributed by atoms with E-state index in [4.69, 9.17) is 10.2 Å². The third-order valence-electron chi connectivity index (χ3n) is 2.81. The van der Waals surface area contributed by atoms with E-state index in [0.717, 1.165) is 5.56 Å². The molecule has 1 atom stereocenters. The van der Waals surface area contributed by atoms with Crippen LogP contribution in [-0.2, 0) is 17.8 Å². The van der Waals surface area contributed by atoms with Crippen molar-refractivity contribution in [2.24, 2.45) is 5.73 Å². The zero-order chi connectivity index (χ0) is 14.5. The fourth-order valence-corrected chi connectivity index (χ4v) is 1.76. The summed E-state index contributed by atoms with van der Waals surface area (Å²) in [7, 11) is 0. The van der Waals surface area contributed by atoms with E-state index in [1.807, 2.05) is 0 Å². The van der Waals surface area contributed by atoms with Gasteiger partial charge < -0.3 is 20.6 Å². The highest BCUT2D eigenvalue weighted by Gasteiger charge is 2.14. The highest BCUT2D eigenvalue weighted by molar-refractivity contribution is 5.81. The molecule has 0 spiro atoms. The number of benzene rings is 1. The summed E-state index contributed by atoms with van der Waals surface area (Å²) in [6, 6.07) is 5.95. The van der Waals surface area contributed by atoms with Crippen molar-refractivity contribution in [2.75, 3.05) is 0 Å². The maximum atomic E-state index is 11.8. The molecule has 0 saturated carbocycles. The summed E-state index contributed by atoms with van der Waals surface area (Å²) in [5.41, 5.74) is 6.72. The molecule has 1 heterocycles. The molecule has 1 aromatic heterocycles. The van der Waals surface area contributed by atoms with Gasteiger partial charge >= 0.3 is 0 Å². The SMILES string of the molecule is Cc1cnc(CNC(=O)C(N)Cc2ccc(O)cc2)o1. The first kappa shape index (κ1) is 14.1. The Hall–Kier alpha value is -2.34. The molecule has 4 N–H and O–H groups in total. The molecular formula is C14H17N3O3. The Morgan fingerprint density at radius 2 is 2.15 bits per heavy atom. The van der Waals surface area contributed by atoms with E-state index in [-0.39, 0.29) is 18.2 Å². The average Bonchev–Trinajstić information content (AvgIpc) is 2.84. The molecule has 2 rings (SSSR count). The van der Waals surface area contributed by atoms with Crippen molar-refractivity contribution in [3.05, 3.63) is 47.7 Å². The van der Waals surface area contributed by atoms with Crippen molar-refractivity contribution in [1.82, 2.24) is 10.3 Å². The van der Waals surface area contributed by atoms with E-state index in [1.165, 1.54) is 0 Å². The molecule has 1 amide bonds. The molecule has 0 saturated heterocycles. The van der Waals surface area contributed by atoms with Crippen LogP contribution in [0.1, 0.15) is 17.2 Å². The lowest BCUT2D eigenvalue weighted by Gasteiger charge is -2.11. The van der Waals surface area contributed by atoms with Crippen molar-refractivity contribution >= 4 is 5.91 Å². The third-order valence-corrected chi connectivity index (χ3v) is 2.81. The Morgan fingerprint density at radius 1 is 1.45 bits per heavy atom. The first-order chi connectivity index (χ1) is 9.54. The fourth-order valence-electron chi connectivity index (χ4n) is 1.76. The standard InChI is InChI=1S/C14H17N3O3/c1-9-7-16-13(20-9)8-17-14(19)12(15)6-10-2-4-11(18)5-3-10/h2-5,7,12,18H,6,8,15H2,1H3,(H,17,19). The molecule has 0 radical (unpaired) electrons.